The monoisotopic (exact) mass is 419 g/mol. The first-order valence-electron chi connectivity index (χ1n) is 8.39. The molecule has 164 valence electrons. The molecule has 0 aliphatic heterocycles. The summed E-state index contributed by atoms with van der Waals surface area (Å²) in [5.41, 5.74) is 10.4. The zero-order valence-electron chi connectivity index (χ0n) is 15.6. The number of carboxylic acid groups (broad SMARTS) is 2. The van der Waals surface area contributed by atoms with E-state index in [1.165, 1.54) is 0 Å². The van der Waals surface area contributed by atoms with Crippen molar-refractivity contribution in [2.75, 3.05) is 6.54 Å². The maximum absolute atomic E-state index is 12.1. The fourth-order valence-electron chi connectivity index (χ4n) is 2.00. The van der Waals surface area contributed by atoms with Gasteiger partial charge in [-0.2, -0.15) is 0 Å². The topological polar surface area (TPSA) is 251 Å². The number of hydrogen-bond acceptors (Lipinski definition) is 8. The first-order valence-corrected chi connectivity index (χ1v) is 8.39. The predicted octanol–water partition coefficient (Wildman–Crippen LogP) is -4.39. The van der Waals surface area contributed by atoms with Gasteiger partial charge in [-0.25, -0.2) is 4.79 Å². The lowest BCUT2D eigenvalue weighted by Crippen LogP contribution is -2.57. The highest BCUT2D eigenvalue weighted by molar-refractivity contribution is 5.94. The quantitative estimate of drug-likeness (QED) is 0.142. The molecule has 14 nitrogen and oxygen atoms in total. The van der Waals surface area contributed by atoms with Crippen molar-refractivity contribution in [1.29, 1.82) is 0 Å². The van der Waals surface area contributed by atoms with Gasteiger partial charge in [0.05, 0.1) is 25.1 Å². The molecule has 0 radical (unpaired) electrons. The summed E-state index contributed by atoms with van der Waals surface area (Å²) in [5, 5.41) is 33.4. The number of carbonyl (C=O) groups excluding carboxylic acids is 4. The van der Waals surface area contributed by atoms with Crippen molar-refractivity contribution < 1.29 is 44.1 Å². The summed E-state index contributed by atoms with van der Waals surface area (Å²) in [7, 11) is 0. The third-order valence-corrected chi connectivity index (χ3v) is 3.53. The van der Waals surface area contributed by atoms with E-state index in [1.54, 1.807) is 0 Å². The van der Waals surface area contributed by atoms with Gasteiger partial charge in [-0.15, -0.1) is 0 Å². The number of carboxylic acids is 2. The Bertz CT molecular complexity index is 652. The Balaban J connectivity index is 4.78. The predicted molar refractivity (Wildman–Crippen MR) is 94.8 cm³/mol. The molecule has 0 bridgehead atoms. The highest BCUT2D eigenvalue weighted by Crippen LogP contribution is 1.99. The van der Waals surface area contributed by atoms with Gasteiger partial charge < -0.3 is 42.7 Å². The summed E-state index contributed by atoms with van der Waals surface area (Å²) in [6.07, 6.45) is -2.65. The lowest BCUT2D eigenvalue weighted by Gasteiger charge is -2.23. The molecular weight excluding hydrogens is 394 g/mol. The lowest BCUT2D eigenvalue weighted by molar-refractivity contribution is -0.144. The Labute approximate surface area is 165 Å². The molecule has 0 aromatic heterocycles. The first kappa shape index (κ1) is 25.7. The Hall–Kier alpha value is -3.26. The zero-order chi connectivity index (χ0) is 22.7. The number of aliphatic hydroxyl groups excluding tert-OH is 1. The van der Waals surface area contributed by atoms with E-state index < -0.39 is 72.8 Å². The smallest absolute Gasteiger partial charge is 0.326 e. The van der Waals surface area contributed by atoms with Crippen LogP contribution in [0.4, 0.5) is 0 Å². The van der Waals surface area contributed by atoms with Crippen LogP contribution in [0, 0.1) is 0 Å². The Morgan fingerprint density at radius 3 is 2.03 bits per heavy atom. The van der Waals surface area contributed by atoms with E-state index in [0.717, 1.165) is 6.92 Å². The molecule has 0 aromatic rings. The molecule has 0 aromatic carbocycles. The number of primary amides is 1. The second-order valence-electron chi connectivity index (χ2n) is 6.11. The van der Waals surface area contributed by atoms with E-state index in [9.17, 15) is 33.9 Å². The van der Waals surface area contributed by atoms with Crippen LogP contribution in [0.15, 0.2) is 0 Å². The second-order valence-corrected chi connectivity index (χ2v) is 6.11. The van der Waals surface area contributed by atoms with Crippen molar-refractivity contribution in [3.05, 3.63) is 0 Å². The average Bonchev–Trinajstić information content (AvgIpc) is 2.60. The van der Waals surface area contributed by atoms with Gasteiger partial charge in [0.1, 0.15) is 12.1 Å². The largest absolute Gasteiger partial charge is 0.481 e. The number of carbonyl (C=O) groups is 6. The van der Waals surface area contributed by atoms with E-state index in [4.69, 9.17) is 21.7 Å². The number of rotatable bonds is 13. The molecule has 10 N–H and O–H groups in total. The van der Waals surface area contributed by atoms with Crippen molar-refractivity contribution in [3.63, 3.8) is 0 Å². The number of amides is 4. The molecule has 0 heterocycles. The van der Waals surface area contributed by atoms with E-state index in [-0.39, 0.29) is 12.8 Å². The summed E-state index contributed by atoms with van der Waals surface area (Å²) in [6, 6.07) is -4.42. The van der Waals surface area contributed by atoms with E-state index in [1.807, 2.05) is 5.32 Å². The maximum Gasteiger partial charge on any atom is 0.326 e. The normalized spacial score (nSPS) is 14.6. The van der Waals surface area contributed by atoms with Crippen LogP contribution in [0.3, 0.4) is 0 Å². The minimum absolute atomic E-state index is 0.155. The van der Waals surface area contributed by atoms with Crippen molar-refractivity contribution in [2.45, 2.75) is 50.4 Å². The van der Waals surface area contributed by atoms with Crippen LogP contribution in [0.2, 0.25) is 0 Å². The van der Waals surface area contributed by atoms with Crippen LogP contribution in [0.5, 0.6) is 0 Å². The second kappa shape index (κ2) is 12.2. The standard InChI is InChI=1S/C15H25N5O9/c1-6(21)12(14(27)19-8(15(28)29)4-9(17)22)20-10(23)5-18-13(26)7(16)2-3-11(24)25/h6-8,12,21H,2-5,16H2,1H3,(H2,17,22)(H,18,26)(H,19,27)(H,20,23)(H,24,25)(H,28,29). The minimum atomic E-state index is -1.66. The summed E-state index contributed by atoms with van der Waals surface area (Å²) in [6.45, 7) is 0.508. The van der Waals surface area contributed by atoms with Gasteiger partial charge in [-0.1, -0.05) is 0 Å². The van der Waals surface area contributed by atoms with Crippen LogP contribution in [0.25, 0.3) is 0 Å². The molecule has 0 aliphatic rings. The van der Waals surface area contributed by atoms with E-state index >= 15 is 0 Å². The van der Waals surface area contributed by atoms with Crippen LogP contribution in [0.1, 0.15) is 26.2 Å². The summed E-state index contributed by atoms with van der Waals surface area (Å²) < 4.78 is 0. The molecule has 4 unspecified atom stereocenters. The van der Waals surface area contributed by atoms with Gasteiger partial charge in [0.25, 0.3) is 0 Å². The molecular formula is C15H25N5O9. The van der Waals surface area contributed by atoms with Crippen LogP contribution >= 0.6 is 0 Å². The lowest BCUT2D eigenvalue weighted by atomic mass is 10.1. The summed E-state index contributed by atoms with van der Waals surface area (Å²) in [5.74, 6) is -6.48. The molecule has 29 heavy (non-hydrogen) atoms. The Kier molecular flexibility index (Phi) is 10.9. The first-order chi connectivity index (χ1) is 13.3. The molecule has 0 aliphatic carbocycles. The van der Waals surface area contributed by atoms with Gasteiger partial charge in [-0.3, -0.25) is 24.0 Å². The molecule has 4 amide bonds. The maximum atomic E-state index is 12.1. The SMILES string of the molecule is CC(O)C(NC(=O)CNC(=O)C(N)CCC(=O)O)C(=O)NC(CC(N)=O)C(=O)O. The third kappa shape index (κ3) is 10.6. The molecule has 0 saturated carbocycles. The van der Waals surface area contributed by atoms with Crippen LogP contribution in [-0.4, -0.2) is 81.7 Å². The molecule has 0 saturated heterocycles. The van der Waals surface area contributed by atoms with Crippen molar-refractivity contribution in [3.8, 4) is 0 Å². The number of nitrogens with one attached hydrogen (secondary N) is 3. The minimum Gasteiger partial charge on any atom is -0.481 e. The number of aliphatic hydroxyl groups is 1. The van der Waals surface area contributed by atoms with Gasteiger partial charge in [-0.05, 0) is 13.3 Å². The molecule has 14 heteroatoms. The van der Waals surface area contributed by atoms with Crippen molar-refractivity contribution >= 4 is 35.6 Å². The zero-order valence-corrected chi connectivity index (χ0v) is 15.6. The van der Waals surface area contributed by atoms with Gasteiger partial charge >= 0.3 is 11.9 Å². The van der Waals surface area contributed by atoms with Gasteiger partial charge in [0.2, 0.25) is 23.6 Å². The molecule has 0 rings (SSSR count). The highest BCUT2D eigenvalue weighted by atomic mass is 16.4. The number of nitrogens with two attached hydrogens (primary N) is 2. The fourth-order valence-corrected chi connectivity index (χ4v) is 2.00. The van der Waals surface area contributed by atoms with Crippen LogP contribution < -0.4 is 27.4 Å². The third-order valence-electron chi connectivity index (χ3n) is 3.53. The van der Waals surface area contributed by atoms with E-state index in [2.05, 4.69) is 10.6 Å². The van der Waals surface area contributed by atoms with Crippen molar-refractivity contribution in [1.82, 2.24) is 16.0 Å². The average molecular weight is 419 g/mol. The Morgan fingerprint density at radius 1 is 1.00 bits per heavy atom. The van der Waals surface area contributed by atoms with E-state index in [0.29, 0.717) is 0 Å². The molecule has 0 fully saturated rings. The summed E-state index contributed by atoms with van der Waals surface area (Å²) >= 11 is 0. The van der Waals surface area contributed by atoms with Crippen LogP contribution in [-0.2, 0) is 28.8 Å². The fraction of sp³-hybridized carbons (Fsp3) is 0.600. The highest BCUT2D eigenvalue weighted by Gasteiger charge is 2.30. The molecule has 0 spiro atoms. The van der Waals surface area contributed by atoms with Gasteiger partial charge in [0.15, 0.2) is 0 Å². The Morgan fingerprint density at radius 2 is 1.59 bits per heavy atom. The summed E-state index contributed by atoms with van der Waals surface area (Å²) in [4.78, 5) is 68.1. The molecule has 4 atom stereocenters. The van der Waals surface area contributed by atoms with Crippen molar-refractivity contribution in [2.24, 2.45) is 11.5 Å². The number of hydrogen-bond donors (Lipinski definition) is 8. The number of aliphatic carboxylic acids is 2. The van der Waals surface area contributed by atoms with Gasteiger partial charge in [0, 0.05) is 6.42 Å².